The molecule has 0 amide bonds. The van der Waals surface area contributed by atoms with E-state index in [1.54, 1.807) is 0 Å². The van der Waals surface area contributed by atoms with Gasteiger partial charge in [-0.3, -0.25) is 14.4 Å². The Bertz CT molecular complexity index is 1470. The number of carbonyl (C=O) groups is 3. The molecule has 0 rings (SSSR count). The predicted octanol–water partition coefficient (Wildman–Crippen LogP) is 25.5. The summed E-state index contributed by atoms with van der Waals surface area (Å²) < 4.78 is 17.0. The van der Waals surface area contributed by atoms with Crippen molar-refractivity contribution in [2.24, 2.45) is 0 Å². The molecule has 0 N–H and O–H groups in total. The second-order valence-electron chi connectivity index (χ2n) is 24.8. The third-order valence-electron chi connectivity index (χ3n) is 16.5. The van der Waals surface area contributed by atoms with Gasteiger partial charge in [-0.25, -0.2) is 0 Å². The SMILES string of the molecule is CC/C=C\C/C=C\C/C=C\C/C=C\C/C=C\CCCCCCCCCC(=O)OC(COC(=O)CCCCCCCCCCCCCCCCCCC)COC(=O)CCCCCCCCCCCCCCCCCCCCCCCCCCC. The summed E-state index contributed by atoms with van der Waals surface area (Å²) in [5.41, 5.74) is 0. The molecule has 6 nitrogen and oxygen atoms in total. The van der Waals surface area contributed by atoms with Crippen LogP contribution in [0.15, 0.2) is 60.8 Å². The van der Waals surface area contributed by atoms with Gasteiger partial charge >= 0.3 is 17.9 Å². The van der Waals surface area contributed by atoms with Crippen LogP contribution in [0.5, 0.6) is 0 Å². The van der Waals surface area contributed by atoms with E-state index in [2.05, 4.69) is 81.5 Å². The lowest BCUT2D eigenvalue weighted by atomic mass is 10.0. The van der Waals surface area contributed by atoms with Gasteiger partial charge in [0.2, 0.25) is 0 Å². The minimum Gasteiger partial charge on any atom is -0.462 e. The number of unbranched alkanes of at least 4 members (excludes halogenated alkanes) is 47. The average Bonchev–Trinajstić information content (AvgIpc) is 3.49. The van der Waals surface area contributed by atoms with Crippen LogP contribution in [0.3, 0.4) is 0 Å². The molecular weight excluding hydrogens is 1020 g/mol. The first-order chi connectivity index (χ1) is 41.0. The van der Waals surface area contributed by atoms with Crippen molar-refractivity contribution < 1.29 is 28.6 Å². The lowest BCUT2D eigenvalue weighted by Crippen LogP contribution is -2.30. The van der Waals surface area contributed by atoms with Crippen LogP contribution >= 0.6 is 0 Å². The number of allylic oxidation sites excluding steroid dienone is 10. The molecule has 0 radical (unpaired) electrons. The van der Waals surface area contributed by atoms with Gasteiger partial charge in [0, 0.05) is 19.3 Å². The minimum atomic E-state index is -0.780. The molecule has 0 aliphatic heterocycles. The molecule has 0 aliphatic carbocycles. The molecule has 0 aromatic carbocycles. The van der Waals surface area contributed by atoms with Crippen molar-refractivity contribution in [1.82, 2.24) is 0 Å². The van der Waals surface area contributed by atoms with Gasteiger partial charge in [-0.15, -0.1) is 0 Å². The molecule has 0 spiro atoms. The van der Waals surface area contributed by atoms with Crippen LogP contribution in [0.2, 0.25) is 0 Å². The van der Waals surface area contributed by atoms with Gasteiger partial charge in [0.15, 0.2) is 6.10 Å². The first-order valence-electron chi connectivity index (χ1n) is 36.8. The normalized spacial score (nSPS) is 12.4. The quantitative estimate of drug-likeness (QED) is 0.0261. The predicted molar refractivity (Wildman–Crippen MR) is 362 cm³/mol. The lowest BCUT2D eigenvalue weighted by Gasteiger charge is -2.18. The van der Waals surface area contributed by atoms with Crippen molar-refractivity contribution >= 4 is 17.9 Å². The van der Waals surface area contributed by atoms with Crippen molar-refractivity contribution in [3.63, 3.8) is 0 Å². The van der Waals surface area contributed by atoms with Crippen LogP contribution in [0.1, 0.15) is 393 Å². The third kappa shape index (κ3) is 69.8. The number of ether oxygens (including phenoxy) is 3. The molecule has 1 unspecified atom stereocenters. The lowest BCUT2D eigenvalue weighted by molar-refractivity contribution is -0.167. The van der Waals surface area contributed by atoms with E-state index >= 15 is 0 Å². The van der Waals surface area contributed by atoms with Crippen molar-refractivity contribution in [3.05, 3.63) is 60.8 Å². The smallest absolute Gasteiger partial charge is 0.306 e. The fourth-order valence-electron chi connectivity index (χ4n) is 11.1. The highest BCUT2D eigenvalue weighted by Crippen LogP contribution is 2.19. The number of esters is 3. The van der Waals surface area contributed by atoms with Crippen LogP contribution in [-0.4, -0.2) is 37.2 Å². The first-order valence-corrected chi connectivity index (χ1v) is 36.8. The van der Waals surface area contributed by atoms with Crippen molar-refractivity contribution in [1.29, 1.82) is 0 Å². The van der Waals surface area contributed by atoms with E-state index in [9.17, 15) is 14.4 Å². The van der Waals surface area contributed by atoms with Crippen LogP contribution in [0.25, 0.3) is 0 Å². The zero-order valence-electron chi connectivity index (χ0n) is 55.7. The maximum absolute atomic E-state index is 13.0. The summed E-state index contributed by atoms with van der Waals surface area (Å²) in [6.07, 6.45) is 92.5. The molecule has 0 fully saturated rings. The van der Waals surface area contributed by atoms with Gasteiger partial charge in [-0.1, -0.05) is 370 Å². The Morgan fingerprint density at radius 1 is 0.253 bits per heavy atom. The number of hydrogen-bond donors (Lipinski definition) is 0. The highest BCUT2D eigenvalue weighted by molar-refractivity contribution is 5.71. The Hall–Kier alpha value is -2.89. The molecule has 0 aromatic rings. The van der Waals surface area contributed by atoms with E-state index in [-0.39, 0.29) is 31.1 Å². The highest BCUT2D eigenvalue weighted by Gasteiger charge is 2.19. The van der Waals surface area contributed by atoms with Gasteiger partial charge in [-0.2, -0.15) is 0 Å². The standard InChI is InChI=1S/C77H140O6/c1-4-7-10-13-16-19-22-25-28-31-33-35-37-38-40-41-43-46-49-52-55-58-61-64-67-70-76(79)82-73-74(72-81-75(78)69-66-63-60-57-54-51-48-45-30-27-24-21-18-15-12-9-6-3)83-77(80)71-68-65-62-59-56-53-50-47-44-42-39-36-34-32-29-26-23-20-17-14-11-8-5-2/h8,11,17,20,26,29,34,36,42,44,74H,4-7,9-10,12-16,18-19,21-25,27-28,30-33,35,37-41,43,45-73H2,1-3H3/b11-8-,20-17-,29-26-,36-34-,44-42-. The fourth-order valence-corrected chi connectivity index (χ4v) is 11.1. The first kappa shape index (κ1) is 80.1. The van der Waals surface area contributed by atoms with Crippen molar-refractivity contribution in [2.45, 2.75) is 399 Å². The maximum Gasteiger partial charge on any atom is 0.306 e. The molecular formula is C77H140O6. The van der Waals surface area contributed by atoms with Crippen molar-refractivity contribution in [3.8, 4) is 0 Å². The molecule has 6 heteroatoms. The van der Waals surface area contributed by atoms with Gasteiger partial charge in [0.1, 0.15) is 13.2 Å². The molecule has 0 aliphatic rings. The van der Waals surface area contributed by atoms with E-state index in [0.717, 1.165) is 96.3 Å². The number of carbonyl (C=O) groups excluding carboxylic acids is 3. The van der Waals surface area contributed by atoms with Gasteiger partial charge in [0.05, 0.1) is 0 Å². The van der Waals surface area contributed by atoms with Crippen molar-refractivity contribution in [2.75, 3.05) is 13.2 Å². The molecule has 1 atom stereocenters. The monoisotopic (exact) mass is 1160 g/mol. The van der Waals surface area contributed by atoms with Crippen LogP contribution in [0.4, 0.5) is 0 Å². The zero-order valence-corrected chi connectivity index (χ0v) is 55.7. The number of rotatable bonds is 68. The van der Waals surface area contributed by atoms with Crippen LogP contribution in [-0.2, 0) is 28.6 Å². The fraction of sp³-hybridized carbons (Fsp3) is 0.831. The second kappa shape index (κ2) is 71.6. The van der Waals surface area contributed by atoms with E-state index in [1.807, 2.05) is 0 Å². The molecule has 0 saturated heterocycles. The van der Waals surface area contributed by atoms with E-state index in [4.69, 9.17) is 14.2 Å². The van der Waals surface area contributed by atoms with Crippen LogP contribution < -0.4 is 0 Å². The third-order valence-corrected chi connectivity index (χ3v) is 16.5. The Kier molecular flexibility index (Phi) is 69.1. The Morgan fingerprint density at radius 2 is 0.470 bits per heavy atom. The topological polar surface area (TPSA) is 78.9 Å². The Labute approximate surface area is 517 Å². The largest absolute Gasteiger partial charge is 0.462 e. The molecule has 83 heavy (non-hydrogen) atoms. The highest BCUT2D eigenvalue weighted by atomic mass is 16.6. The molecule has 484 valence electrons. The van der Waals surface area contributed by atoms with Crippen LogP contribution in [0, 0.1) is 0 Å². The summed E-state index contributed by atoms with van der Waals surface area (Å²) in [6, 6.07) is 0. The minimum absolute atomic E-state index is 0.0734. The maximum atomic E-state index is 13.0. The Morgan fingerprint density at radius 3 is 0.735 bits per heavy atom. The summed E-state index contributed by atoms with van der Waals surface area (Å²) in [5, 5.41) is 0. The van der Waals surface area contributed by atoms with E-state index in [1.165, 1.54) is 257 Å². The van der Waals surface area contributed by atoms with Gasteiger partial charge in [-0.05, 0) is 64.2 Å². The van der Waals surface area contributed by atoms with Gasteiger partial charge < -0.3 is 14.2 Å². The summed E-state index contributed by atoms with van der Waals surface area (Å²) in [6.45, 7) is 6.60. The summed E-state index contributed by atoms with van der Waals surface area (Å²) in [4.78, 5) is 38.5. The molecule has 0 heterocycles. The molecule has 0 bridgehead atoms. The Balaban J connectivity index is 4.31. The van der Waals surface area contributed by atoms with E-state index in [0.29, 0.717) is 19.3 Å². The summed E-state index contributed by atoms with van der Waals surface area (Å²) in [7, 11) is 0. The summed E-state index contributed by atoms with van der Waals surface area (Å²) in [5.74, 6) is -0.855. The molecule has 0 aromatic heterocycles. The summed E-state index contributed by atoms with van der Waals surface area (Å²) >= 11 is 0. The van der Waals surface area contributed by atoms with Gasteiger partial charge in [0.25, 0.3) is 0 Å². The molecule has 0 saturated carbocycles. The van der Waals surface area contributed by atoms with E-state index < -0.39 is 6.10 Å². The average molecular weight is 1160 g/mol. The second-order valence-corrected chi connectivity index (χ2v) is 24.8. The zero-order chi connectivity index (χ0) is 59.9. The number of hydrogen-bond acceptors (Lipinski definition) is 6.